The van der Waals surface area contributed by atoms with Crippen LogP contribution in [0.1, 0.15) is 13.3 Å². The fourth-order valence-corrected chi connectivity index (χ4v) is 0.963. The molecule has 9 heavy (non-hydrogen) atoms. The maximum Gasteiger partial charge on any atom is 0.309 e. The molecular formula is C6H11NO2. The van der Waals surface area contributed by atoms with Crippen LogP contribution in [0.4, 0.5) is 0 Å². The van der Waals surface area contributed by atoms with Crippen molar-refractivity contribution >= 4 is 5.97 Å². The van der Waals surface area contributed by atoms with Crippen molar-refractivity contribution in [3.8, 4) is 0 Å². The Kier molecular flexibility index (Phi) is 1.71. The molecule has 52 valence electrons. The van der Waals surface area contributed by atoms with Crippen LogP contribution in [0.3, 0.4) is 0 Å². The summed E-state index contributed by atoms with van der Waals surface area (Å²) in [6, 6.07) is 0. The second-order valence-corrected chi connectivity index (χ2v) is 2.43. The van der Waals surface area contributed by atoms with E-state index in [2.05, 4.69) is 0 Å². The number of cyclic esters (lactones) is 1. The molecule has 0 amide bonds. The molecule has 1 aliphatic heterocycles. The van der Waals surface area contributed by atoms with Gasteiger partial charge in [0.25, 0.3) is 0 Å². The van der Waals surface area contributed by atoms with E-state index in [1.165, 1.54) is 0 Å². The predicted molar refractivity (Wildman–Crippen MR) is 32.7 cm³/mol. The molecule has 0 radical (unpaired) electrons. The molecular weight excluding hydrogens is 118 g/mol. The summed E-state index contributed by atoms with van der Waals surface area (Å²) >= 11 is 0. The fraction of sp³-hybridized carbons (Fsp3) is 0.833. The van der Waals surface area contributed by atoms with Gasteiger partial charge in [0.15, 0.2) is 0 Å². The molecule has 1 heterocycles. The molecule has 1 saturated heterocycles. The van der Waals surface area contributed by atoms with E-state index in [0.717, 1.165) is 6.42 Å². The third kappa shape index (κ3) is 1.21. The van der Waals surface area contributed by atoms with Crippen LogP contribution in [0.5, 0.6) is 0 Å². The first-order chi connectivity index (χ1) is 4.24. The summed E-state index contributed by atoms with van der Waals surface area (Å²) in [6.07, 6.45) is 0.766. The van der Waals surface area contributed by atoms with Crippen LogP contribution in [0, 0.1) is 5.92 Å². The molecule has 0 spiro atoms. The first-order valence-corrected chi connectivity index (χ1v) is 3.14. The molecule has 1 aliphatic rings. The lowest BCUT2D eigenvalue weighted by atomic mass is 10.1. The molecule has 0 aliphatic carbocycles. The number of carbonyl (C=O) groups excluding carboxylic acids is 1. The van der Waals surface area contributed by atoms with Crippen LogP contribution < -0.4 is 5.73 Å². The quantitative estimate of drug-likeness (QED) is 0.503. The average molecular weight is 129 g/mol. The van der Waals surface area contributed by atoms with Crippen molar-refractivity contribution in [1.29, 1.82) is 0 Å². The molecule has 1 rings (SSSR count). The summed E-state index contributed by atoms with van der Waals surface area (Å²) in [4.78, 5) is 10.7. The molecule has 3 nitrogen and oxygen atoms in total. The predicted octanol–water partition coefficient (Wildman–Crippen LogP) is -0.103. The first-order valence-electron chi connectivity index (χ1n) is 3.14. The van der Waals surface area contributed by atoms with Gasteiger partial charge in [-0.1, -0.05) is 6.92 Å². The first kappa shape index (κ1) is 6.55. The highest BCUT2D eigenvalue weighted by Gasteiger charge is 2.29. The number of hydrogen-bond donors (Lipinski definition) is 1. The Morgan fingerprint density at radius 3 is 2.78 bits per heavy atom. The van der Waals surface area contributed by atoms with E-state index in [0.29, 0.717) is 6.54 Å². The highest BCUT2D eigenvalue weighted by Crippen LogP contribution is 2.18. The van der Waals surface area contributed by atoms with Gasteiger partial charge in [0, 0.05) is 6.54 Å². The molecule has 0 aromatic rings. The number of esters is 1. The second kappa shape index (κ2) is 2.35. The minimum atomic E-state index is -0.106. The highest BCUT2D eigenvalue weighted by atomic mass is 16.6. The molecule has 1 fully saturated rings. The number of ether oxygens (including phenoxy) is 1. The third-order valence-electron chi connectivity index (χ3n) is 1.56. The van der Waals surface area contributed by atoms with Crippen molar-refractivity contribution < 1.29 is 9.53 Å². The summed E-state index contributed by atoms with van der Waals surface area (Å²) in [5, 5.41) is 0. The van der Waals surface area contributed by atoms with E-state index in [9.17, 15) is 4.79 Å². The smallest absolute Gasteiger partial charge is 0.309 e. The molecule has 0 bridgehead atoms. The number of rotatable bonds is 1. The Bertz CT molecular complexity index is 124. The zero-order valence-corrected chi connectivity index (χ0v) is 5.46. The Balaban J connectivity index is 2.44. The normalized spacial score (nSPS) is 34.7. The van der Waals surface area contributed by atoms with E-state index >= 15 is 0 Å². The summed E-state index contributed by atoms with van der Waals surface area (Å²) in [5.74, 6) is -0.0519. The van der Waals surface area contributed by atoms with E-state index in [-0.39, 0.29) is 18.0 Å². The van der Waals surface area contributed by atoms with E-state index in [1.807, 2.05) is 6.92 Å². The molecule has 2 N–H and O–H groups in total. The third-order valence-corrected chi connectivity index (χ3v) is 1.56. The number of nitrogens with two attached hydrogens (primary N) is 1. The van der Waals surface area contributed by atoms with Gasteiger partial charge in [-0.05, 0) is 6.42 Å². The van der Waals surface area contributed by atoms with Gasteiger partial charge >= 0.3 is 5.97 Å². The van der Waals surface area contributed by atoms with Crippen LogP contribution in [0.2, 0.25) is 0 Å². The molecule has 3 heteroatoms. The van der Waals surface area contributed by atoms with E-state index < -0.39 is 0 Å². The molecule has 0 aromatic heterocycles. The maximum absolute atomic E-state index is 10.7. The van der Waals surface area contributed by atoms with Gasteiger partial charge in [0.2, 0.25) is 0 Å². The minimum Gasteiger partial charge on any atom is -0.461 e. The Labute approximate surface area is 54.2 Å². The number of carbonyl (C=O) groups is 1. The zero-order valence-electron chi connectivity index (χ0n) is 5.46. The second-order valence-electron chi connectivity index (χ2n) is 2.43. The molecule has 0 aromatic carbocycles. The van der Waals surface area contributed by atoms with Gasteiger partial charge in [-0.15, -0.1) is 0 Å². The van der Waals surface area contributed by atoms with E-state index in [1.54, 1.807) is 0 Å². The average Bonchev–Trinajstić information content (AvgIpc) is 2.13. The van der Waals surface area contributed by atoms with Crippen molar-refractivity contribution in [3.63, 3.8) is 0 Å². The Morgan fingerprint density at radius 1 is 1.89 bits per heavy atom. The van der Waals surface area contributed by atoms with Gasteiger partial charge in [-0.25, -0.2) is 0 Å². The zero-order chi connectivity index (χ0) is 6.85. The van der Waals surface area contributed by atoms with Crippen molar-refractivity contribution in [2.24, 2.45) is 11.7 Å². The molecule has 0 unspecified atom stereocenters. The Hall–Kier alpha value is -0.570. The SMILES string of the molecule is C[C@H]1C[C@H](CN)OC1=O. The Morgan fingerprint density at radius 2 is 2.56 bits per heavy atom. The van der Waals surface area contributed by atoms with Crippen LogP contribution in [0.15, 0.2) is 0 Å². The lowest BCUT2D eigenvalue weighted by Crippen LogP contribution is -2.18. The van der Waals surface area contributed by atoms with Crippen molar-refractivity contribution in [2.45, 2.75) is 19.4 Å². The fourth-order valence-electron chi connectivity index (χ4n) is 0.963. The topological polar surface area (TPSA) is 52.3 Å². The standard InChI is InChI=1S/C6H11NO2/c1-4-2-5(3-7)9-6(4)8/h4-5H,2-3,7H2,1H3/t4-,5+/m0/s1. The van der Waals surface area contributed by atoms with Crippen LogP contribution in [-0.2, 0) is 9.53 Å². The summed E-state index contributed by atoms with van der Waals surface area (Å²) < 4.78 is 4.86. The summed E-state index contributed by atoms with van der Waals surface area (Å²) in [6.45, 7) is 2.31. The largest absolute Gasteiger partial charge is 0.461 e. The van der Waals surface area contributed by atoms with Crippen molar-refractivity contribution in [3.05, 3.63) is 0 Å². The van der Waals surface area contributed by atoms with Crippen molar-refractivity contribution in [2.75, 3.05) is 6.54 Å². The molecule has 2 atom stereocenters. The van der Waals surface area contributed by atoms with Crippen molar-refractivity contribution in [1.82, 2.24) is 0 Å². The minimum absolute atomic E-state index is 0.0208. The van der Waals surface area contributed by atoms with Crippen LogP contribution >= 0.6 is 0 Å². The van der Waals surface area contributed by atoms with Gasteiger partial charge in [-0.3, -0.25) is 4.79 Å². The van der Waals surface area contributed by atoms with Gasteiger partial charge in [0.1, 0.15) is 6.10 Å². The van der Waals surface area contributed by atoms with Crippen LogP contribution in [-0.4, -0.2) is 18.6 Å². The van der Waals surface area contributed by atoms with Crippen LogP contribution in [0.25, 0.3) is 0 Å². The highest BCUT2D eigenvalue weighted by molar-refractivity contribution is 5.74. The monoisotopic (exact) mass is 129 g/mol. The molecule has 0 saturated carbocycles. The van der Waals surface area contributed by atoms with Gasteiger partial charge in [0.05, 0.1) is 5.92 Å². The summed E-state index contributed by atoms with van der Waals surface area (Å²) in [5.41, 5.74) is 5.28. The lowest BCUT2D eigenvalue weighted by molar-refractivity contribution is -0.143. The number of hydrogen-bond acceptors (Lipinski definition) is 3. The summed E-state index contributed by atoms with van der Waals surface area (Å²) in [7, 11) is 0. The van der Waals surface area contributed by atoms with Gasteiger partial charge < -0.3 is 10.5 Å². The van der Waals surface area contributed by atoms with E-state index in [4.69, 9.17) is 10.5 Å². The maximum atomic E-state index is 10.7. The van der Waals surface area contributed by atoms with Gasteiger partial charge in [-0.2, -0.15) is 0 Å². The lowest BCUT2D eigenvalue weighted by Gasteiger charge is -2.01.